The highest BCUT2D eigenvalue weighted by atomic mass is 35.5. The molecule has 0 aromatic heterocycles. The largest absolute Gasteiger partial charge is 0.0836 e. The summed E-state index contributed by atoms with van der Waals surface area (Å²) in [4.78, 5) is 0. The fourth-order valence-corrected chi connectivity index (χ4v) is 2.05. The third-order valence-corrected chi connectivity index (χ3v) is 3.18. The lowest BCUT2D eigenvalue weighted by Gasteiger charge is -2.01. The topological polar surface area (TPSA) is 0 Å². The van der Waals surface area contributed by atoms with Gasteiger partial charge in [-0.2, -0.15) is 0 Å². The third kappa shape index (κ3) is 3.12. The number of benzene rings is 2. The van der Waals surface area contributed by atoms with Crippen LogP contribution < -0.4 is 0 Å². The van der Waals surface area contributed by atoms with Crippen molar-refractivity contribution in [2.24, 2.45) is 0 Å². The van der Waals surface area contributed by atoms with E-state index in [0.717, 1.165) is 11.1 Å². The van der Waals surface area contributed by atoms with E-state index >= 15 is 0 Å². The van der Waals surface area contributed by atoms with Gasteiger partial charge in [0.15, 0.2) is 0 Å². The second kappa shape index (κ2) is 5.39. The van der Waals surface area contributed by atoms with E-state index in [9.17, 15) is 0 Å². The van der Waals surface area contributed by atoms with Crippen molar-refractivity contribution >= 4 is 35.4 Å². The van der Waals surface area contributed by atoms with Crippen molar-refractivity contribution in [1.29, 1.82) is 0 Å². The van der Waals surface area contributed by atoms with Crippen LogP contribution in [-0.4, -0.2) is 0 Å². The standard InChI is InChI=1S/C15H12Cl2/c1-11-5-7-12(8-6-11)9-10-13-14(16)3-2-4-15(13)17/h2-10H,1H3/b10-9+. The van der Waals surface area contributed by atoms with Crippen LogP contribution in [0.4, 0.5) is 0 Å². The molecule has 2 rings (SSSR count). The minimum absolute atomic E-state index is 0.667. The van der Waals surface area contributed by atoms with Gasteiger partial charge >= 0.3 is 0 Å². The number of rotatable bonds is 2. The summed E-state index contributed by atoms with van der Waals surface area (Å²) in [6.45, 7) is 2.07. The molecule has 0 amide bonds. The quantitative estimate of drug-likeness (QED) is 0.630. The summed E-state index contributed by atoms with van der Waals surface area (Å²) >= 11 is 12.2. The highest BCUT2D eigenvalue weighted by Gasteiger charge is 2.00. The molecule has 0 nitrogen and oxygen atoms in total. The molecule has 0 saturated heterocycles. The van der Waals surface area contributed by atoms with Crippen LogP contribution in [0.15, 0.2) is 42.5 Å². The van der Waals surface area contributed by atoms with Crippen molar-refractivity contribution in [2.75, 3.05) is 0 Å². The van der Waals surface area contributed by atoms with Gasteiger partial charge in [0.25, 0.3) is 0 Å². The van der Waals surface area contributed by atoms with Crippen molar-refractivity contribution < 1.29 is 0 Å². The van der Waals surface area contributed by atoms with Gasteiger partial charge in [0.2, 0.25) is 0 Å². The van der Waals surface area contributed by atoms with Crippen molar-refractivity contribution in [3.63, 3.8) is 0 Å². The summed E-state index contributed by atoms with van der Waals surface area (Å²) < 4.78 is 0. The predicted molar refractivity (Wildman–Crippen MR) is 76.6 cm³/mol. The molecule has 86 valence electrons. The van der Waals surface area contributed by atoms with Gasteiger partial charge in [-0.3, -0.25) is 0 Å². The van der Waals surface area contributed by atoms with E-state index in [1.54, 1.807) is 0 Å². The highest BCUT2D eigenvalue weighted by molar-refractivity contribution is 6.37. The molecule has 2 aromatic rings. The molecule has 0 heterocycles. The third-order valence-electron chi connectivity index (χ3n) is 2.52. The maximum Gasteiger partial charge on any atom is 0.0493 e. The van der Waals surface area contributed by atoms with Gasteiger partial charge in [0, 0.05) is 15.6 Å². The molecular weight excluding hydrogens is 251 g/mol. The molecule has 0 radical (unpaired) electrons. The summed E-state index contributed by atoms with van der Waals surface area (Å²) in [5, 5.41) is 1.33. The van der Waals surface area contributed by atoms with Crippen molar-refractivity contribution in [2.45, 2.75) is 6.92 Å². The Morgan fingerprint density at radius 3 is 2.00 bits per heavy atom. The maximum absolute atomic E-state index is 6.09. The molecule has 2 heteroatoms. The monoisotopic (exact) mass is 262 g/mol. The number of halogens is 2. The molecule has 0 aliphatic heterocycles. The van der Waals surface area contributed by atoms with Crippen LogP contribution in [0.1, 0.15) is 16.7 Å². The van der Waals surface area contributed by atoms with Crippen LogP contribution in [-0.2, 0) is 0 Å². The molecule has 0 N–H and O–H groups in total. The van der Waals surface area contributed by atoms with E-state index in [1.165, 1.54) is 5.56 Å². The van der Waals surface area contributed by atoms with Gasteiger partial charge in [-0.15, -0.1) is 0 Å². The molecule has 0 aliphatic rings. The Hall–Kier alpha value is -1.24. The average molecular weight is 263 g/mol. The molecule has 17 heavy (non-hydrogen) atoms. The lowest BCUT2D eigenvalue weighted by Crippen LogP contribution is -1.78. The molecule has 0 bridgehead atoms. The van der Waals surface area contributed by atoms with Crippen LogP contribution in [0.2, 0.25) is 10.0 Å². The summed E-state index contributed by atoms with van der Waals surface area (Å²) in [6.07, 6.45) is 3.95. The number of hydrogen-bond acceptors (Lipinski definition) is 0. The maximum atomic E-state index is 6.09. The first-order valence-electron chi connectivity index (χ1n) is 5.35. The zero-order chi connectivity index (χ0) is 12.3. The van der Waals surface area contributed by atoms with Crippen LogP contribution >= 0.6 is 23.2 Å². The lowest BCUT2D eigenvalue weighted by atomic mass is 10.1. The van der Waals surface area contributed by atoms with Gasteiger partial charge in [0.05, 0.1) is 0 Å². The Morgan fingerprint density at radius 2 is 1.41 bits per heavy atom. The van der Waals surface area contributed by atoms with E-state index < -0.39 is 0 Å². The minimum atomic E-state index is 0.667. The summed E-state index contributed by atoms with van der Waals surface area (Å²) in [7, 11) is 0. The fraction of sp³-hybridized carbons (Fsp3) is 0.0667. The van der Waals surface area contributed by atoms with Gasteiger partial charge < -0.3 is 0 Å². The minimum Gasteiger partial charge on any atom is -0.0836 e. The van der Waals surface area contributed by atoms with E-state index in [0.29, 0.717) is 10.0 Å². The number of aryl methyl sites for hydroxylation is 1. The molecular formula is C15H12Cl2. The Morgan fingerprint density at radius 1 is 0.824 bits per heavy atom. The normalized spacial score (nSPS) is 11.0. The Labute approximate surface area is 112 Å². The van der Waals surface area contributed by atoms with Crippen molar-refractivity contribution in [1.82, 2.24) is 0 Å². The first-order chi connectivity index (χ1) is 8.16. The SMILES string of the molecule is Cc1ccc(/C=C/c2c(Cl)cccc2Cl)cc1. The van der Waals surface area contributed by atoms with Crippen LogP contribution in [0, 0.1) is 6.92 Å². The summed E-state index contributed by atoms with van der Waals surface area (Å²) in [5.74, 6) is 0. The molecule has 0 fully saturated rings. The fourth-order valence-electron chi connectivity index (χ4n) is 1.53. The zero-order valence-corrected chi connectivity index (χ0v) is 11.0. The zero-order valence-electron chi connectivity index (χ0n) is 9.45. The van der Waals surface area contributed by atoms with E-state index in [4.69, 9.17) is 23.2 Å². The van der Waals surface area contributed by atoms with Gasteiger partial charge in [-0.1, -0.05) is 71.2 Å². The molecule has 0 spiro atoms. The number of hydrogen-bond donors (Lipinski definition) is 0. The van der Waals surface area contributed by atoms with E-state index in [2.05, 4.69) is 31.2 Å². The lowest BCUT2D eigenvalue weighted by molar-refractivity contribution is 1.46. The predicted octanol–water partition coefficient (Wildman–Crippen LogP) is 5.47. The van der Waals surface area contributed by atoms with Gasteiger partial charge in [-0.05, 0) is 24.6 Å². The van der Waals surface area contributed by atoms with E-state index in [1.807, 2.05) is 30.4 Å². The van der Waals surface area contributed by atoms with Gasteiger partial charge in [0.1, 0.15) is 0 Å². The summed E-state index contributed by atoms with van der Waals surface area (Å²) in [5.41, 5.74) is 3.24. The smallest absolute Gasteiger partial charge is 0.0493 e. The Bertz CT molecular complexity index is 519. The highest BCUT2D eigenvalue weighted by Crippen LogP contribution is 2.26. The van der Waals surface area contributed by atoms with Crippen molar-refractivity contribution in [3.8, 4) is 0 Å². The molecule has 0 saturated carbocycles. The molecule has 2 aromatic carbocycles. The molecule has 0 atom stereocenters. The second-order valence-electron chi connectivity index (χ2n) is 3.88. The average Bonchev–Trinajstić information content (AvgIpc) is 2.31. The van der Waals surface area contributed by atoms with Crippen LogP contribution in [0.25, 0.3) is 12.2 Å². The molecule has 0 unspecified atom stereocenters. The van der Waals surface area contributed by atoms with Crippen molar-refractivity contribution in [3.05, 3.63) is 69.2 Å². The first-order valence-corrected chi connectivity index (χ1v) is 6.11. The Kier molecular flexibility index (Phi) is 3.88. The Balaban J connectivity index is 2.29. The van der Waals surface area contributed by atoms with E-state index in [-0.39, 0.29) is 0 Å². The summed E-state index contributed by atoms with van der Waals surface area (Å²) in [6, 6.07) is 13.8. The van der Waals surface area contributed by atoms with Gasteiger partial charge in [-0.25, -0.2) is 0 Å². The molecule has 0 aliphatic carbocycles. The van der Waals surface area contributed by atoms with Crippen LogP contribution in [0.3, 0.4) is 0 Å². The second-order valence-corrected chi connectivity index (χ2v) is 4.69. The first kappa shape index (κ1) is 12.2. The van der Waals surface area contributed by atoms with Crippen LogP contribution in [0.5, 0.6) is 0 Å².